The number of pyridine rings is 1. The van der Waals surface area contributed by atoms with Crippen LogP contribution in [0.2, 0.25) is 0 Å². The van der Waals surface area contributed by atoms with Crippen LogP contribution in [0.5, 0.6) is 0 Å². The van der Waals surface area contributed by atoms with E-state index in [1.807, 2.05) is 26.4 Å². The molecular weight excluding hydrogens is 222 g/mol. The summed E-state index contributed by atoms with van der Waals surface area (Å²) in [4.78, 5) is 6.46. The van der Waals surface area contributed by atoms with Crippen LogP contribution in [0.4, 0.5) is 11.4 Å². The molecule has 0 aliphatic heterocycles. The van der Waals surface area contributed by atoms with Crippen LogP contribution in [0, 0.1) is 6.92 Å². The van der Waals surface area contributed by atoms with Gasteiger partial charge in [0, 0.05) is 31.7 Å². The predicted octanol–water partition coefficient (Wildman–Crippen LogP) is 3.07. The van der Waals surface area contributed by atoms with Crippen molar-refractivity contribution in [3.8, 4) is 0 Å². The van der Waals surface area contributed by atoms with Gasteiger partial charge in [-0.2, -0.15) is 0 Å². The van der Waals surface area contributed by atoms with Gasteiger partial charge in [-0.05, 0) is 42.8 Å². The maximum Gasteiger partial charge on any atom is 0.0623 e. The van der Waals surface area contributed by atoms with Crippen LogP contribution in [-0.2, 0) is 6.54 Å². The minimum atomic E-state index is 0.758. The van der Waals surface area contributed by atoms with E-state index < -0.39 is 0 Å². The third-order valence-corrected chi connectivity index (χ3v) is 2.96. The van der Waals surface area contributed by atoms with Crippen LogP contribution in [-0.4, -0.2) is 19.1 Å². The zero-order chi connectivity index (χ0) is 13.0. The van der Waals surface area contributed by atoms with Crippen LogP contribution >= 0.6 is 0 Å². The van der Waals surface area contributed by atoms with E-state index in [1.165, 1.54) is 11.3 Å². The lowest BCUT2D eigenvalue weighted by molar-refractivity contribution is 1.02. The van der Waals surface area contributed by atoms with E-state index in [4.69, 9.17) is 0 Å². The summed E-state index contributed by atoms with van der Waals surface area (Å²) in [7, 11) is 4.08. The Hall–Kier alpha value is -2.03. The molecule has 0 unspecified atom stereocenters. The molecule has 1 aromatic carbocycles. The van der Waals surface area contributed by atoms with Gasteiger partial charge in [-0.15, -0.1) is 0 Å². The van der Waals surface area contributed by atoms with Crippen molar-refractivity contribution in [2.45, 2.75) is 13.5 Å². The van der Waals surface area contributed by atoms with Gasteiger partial charge in [-0.1, -0.05) is 6.07 Å². The van der Waals surface area contributed by atoms with Crippen molar-refractivity contribution in [2.24, 2.45) is 0 Å². The average molecular weight is 241 g/mol. The molecular formula is C15H19N3. The molecule has 0 saturated heterocycles. The van der Waals surface area contributed by atoms with E-state index in [2.05, 4.69) is 52.5 Å². The highest BCUT2D eigenvalue weighted by Crippen LogP contribution is 2.16. The summed E-state index contributed by atoms with van der Waals surface area (Å²) in [6.07, 6.45) is 1.83. The van der Waals surface area contributed by atoms with E-state index >= 15 is 0 Å². The highest BCUT2D eigenvalue weighted by molar-refractivity contribution is 5.54. The smallest absolute Gasteiger partial charge is 0.0623 e. The number of aryl methyl sites for hydroxylation is 1. The van der Waals surface area contributed by atoms with E-state index in [0.717, 1.165) is 17.9 Å². The van der Waals surface area contributed by atoms with Crippen LogP contribution in [0.3, 0.4) is 0 Å². The van der Waals surface area contributed by atoms with Crippen molar-refractivity contribution < 1.29 is 0 Å². The summed E-state index contributed by atoms with van der Waals surface area (Å²) in [5, 5.41) is 3.39. The molecule has 94 valence electrons. The molecule has 2 rings (SSSR count). The Kier molecular flexibility index (Phi) is 3.82. The Labute approximate surface area is 108 Å². The zero-order valence-corrected chi connectivity index (χ0v) is 11.1. The predicted molar refractivity (Wildman–Crippen MR) is 77.1 cm³/mol. The fourth-order valence-corrected chi connectivity index (χ4v) is 1.77. The molecule has 0 aliphatic carbocycles. The number of nitrogens with one attached hydrogen (secondary N) is 1. The van der Waals surface area contributed by atoms with Crippen molar-refractivity contribution >= 4 is 11.4 Å². The van der Waals surface area contributed by atoms with Gasteiger partial charge in [0.15, 0.2) is 0 Å². The number of rotatable bonds is 4. The Morgan fingerprint density at radius 1 is 1.11 bits per heavy atom. The lowest BCUT2D eigenvalue weighted by atomic mass is 10.2. The zero-order valence-electron chi connectivity index (χ0n) is 11.1. The second-order valence-electron chi connectivity index (χ2n) is 4.56. The maximum atomic E-state index is 4.37. The fraction of sp³-hybridized carbons (Fsp3) is 0.267. The lowest BCUT2D eigenvalue weighted by Crippen LogP contribution is -2.08. The highest BCUT2D eigenvalue weighted by Gasteiger charge is 1.99. The van der Waals surface area contributed by atoms with Gasteiger partial charge in [0.25, 0.3) is 0 Å². The van der Waals surface area contributed by atoms with Crippen LogP contribution < -0.4 is 10.2 Å². The highest BCUT2D eigenvalue weighted by atomic mass is 15.1. The first-order valence-corrected chi connectivity index (χ1v) is 6.08. The Bertz CT molecular complexity index is 503. The fourth-order valence-electron chi connectivity index (χ4n) is 1.77. The largest absolute Gasteiger partial charge is 0.379 e. The summed E-state index contributed by atoms with van der Waals surface area (Å²) in [6.45, 7) is 2.84. The molecule has 3 heteroatoms. The molecule has 1 N–H and O–H groups in total. The Balaban J connectivity index is 2.00. The molecule has 1 aromatic heterocycles. The number of hydrogen-bond acceptors (Lipinski definition) is 3. The van der Waals surface area contributed by atoms with Crippen LogP contribution in [0.1, 0.15) is 11.3 Å². The minimum absolute atomic E-state index is 0.758. The van der Waals surface area contributed by atoms with Gasteiger partial charge in [-0.3, -0.25) is 4.98 Å². The molecule has 3 nitrogen and oxygen atoms in total. The van der Waals surface area contributed by atoms with Gasteiger partial charge in [0.2, 0.25) is 0 Å². The van der Waals surface area contributed by atoms with Gasteiger partial charge >= 0.3 is 0 Å². The molecule has 1 heterocycles. The number of anilines is 2. The van der Waals surface area contributed by atoms with Crippen molar-refractivity contribution in [1.82, 2.24) is 4.98 Å². The van der Waals surface area contributed by atoms with Crippen molar-refractivity contribution in [2.75, 3.05) is 24.3 Å². The normalized spacial score (nSPS) is 10.2. The Morgan fingerprint density at radius 2 is 1.83 bits per heavy atom. The lowest BCUT2D eigenvalue weighted by Gasteiger charge is -2.13. The van der Waals surface area contributed by atoms with Crippen LogP contribution in [0.15, 0.2) is 42.6 Å². The van der Waals surface area contributed by atoms with Gasteiger partial charge in [0.1, 0.15) is 0 Å². The first-order chi connectivity index (χ1) is 8.66. The van der Waals surface area contributed by atoms with Gasteiger partial charge in [0.05, 0.1) is 12.2 Å². The summed E-state index contributed by atoms with van der Waals surface area (Å²) in [5.74, 6) is 0. The van der Waals surface area contributed by atoms with Crippen molar-refractivity contribution in [3.63, 3.8) is 0 Å². The third-order valence-electron chi connectivity index (χ3n) is 2.96. The van der Waals surface area contributed by atoms with Gasteiger partial charge in [-0.25, -0.2) is 0 Å². The molecule has 0 aliphatic rings. The molecule has 0 fully saturated rings. The molecule has 0 radical (unpaired) electrons. The number of aromatic nitrogens is 1. The minimum Gasteiger partial charge on any atom is -0.379 e. The number of benzene rings is 1. The maximum absolute atomic E-state index is 4.37. The van der Waals surface area contributed by atoms with Crippen molar-refractivity contribution in [1.29, 1.82) is 0 Å². The molecule has 0 bridgehead atoms. The summed E-state index contributed by atoms with van der Waals surface area (Å²) >= 11 is 0. The summed E-state index contributed by atoms with van der Waals surface area (Å²) < 4.78 is 0. The Morgan fingerprint density at radius 3 is 2.44 bits per heavy atom. The van der Waals surface area contributed by atoms with E-state index in [-0.39, 0.29) is 0 Å². The third kappa shape index (κ3) is 3.00. The standard InChI is InChI=1S/C15H19N3/c1-12-5-4-10-16-15(12)11-17-13-6-8-14(9-7-13)18(2)3/h4-10,17H,11H2,1-3H3. The quantitative estimate of drug-likeness (QED) is 0.891. The first-order valence-electron chi connectivity index (χ1n) is 6.08. The SMILES string of the molecule is Cc1cccnc1CNc1ccc(N(C)C)cc1. The monoisotopic (exact) mass is 241 g/mol. The summed E-state index contributed by atoms with van der Waals surface area (Å²) in [6, 6.07) is 12.4. The second-order valence-corrected chi connectivity index (χ2v) is 4.56. The molecule has 2 aromatic rings. The van der Waals surface area contributed by atoms with E-state index in [9.17, 15) is 0 Å². The number of hydrogen-bond donors (Lipinski definition) is 1. The molecule has 0 amide bonds. The first kappa shape index (κ1) is 12.4. The van der Waals surface area contributed by atoms with Crippen LogP contribution in [0.25, 0.3) is 0 Å². The summed E-state index contributed by atoms with van der Waals surface area (Å²) in [5.41, 5.74) is 4.63. The molecule has 0 saturated carbocycles. The number of nitrogens with zero attached hydrogens (tertiary/aromatic N) is 2. The van der Waals surface area contributed by atoms with E-state index in [0.29, 0.717) is 0 Å². The average Bonchev–Trinajstić information content (AvgIpc) is 2.38. The molecule has 18 heavy (non-hydrogen) atoms. The van der Waals surface area contributed by atoms with E-state index in [1.54, 1.807) is 0 Å². The van der Waals surface area contributed by atoms with Crippen molar-refractivity contribution in [3.05, 3.63) is 53.9 Å². The van der Waals surface area contributed by atoms with Gasteiger partial charge < -0.3 is 10.2 Å². The second kappa shape index (κ2) is 5.54. The molecule has 0 spiro atoms. The molecule has 0 atom stereocenters. The topological polar surface area (TPSA) is 28.2 Å².